The summed E-state index contributed by atoms with van der Waals surface area (Å²) in [6.07, 6.45) is 4.11. The van der Waals surface area contributed by atoms with Crippen LogP contribution in [0.1, 0.15) is 22.3 Å². The third-order valence-electron chi connectivity index (χ3n) is 6.40. The molecule has 2 aliphatic carbocycles. The topological polar surface area (TPSA) is 47.9 Å². The number of rotatable bonds is 2. The van der Waals surface area contributed by atoms with E-state index in [1.54, 1.807) is 0 Å². The first-order valence-electron chi connectivity index (χ1n) is 10.2. The molecule has 4 aromatic rings. The average Bonchev–Trinajstić information content (AvgIpc) is 3.35. The molecule has 0 radical (unpaired) electrons. The Morgan fingerprint density at radius 3 is 1.63 bits per heavy atom. The molecule has 4 aromatic carbocycles. The summed E-state index contributed by atoms with van der Waals surface area (Å²) in [7, 11) is 0. The molecule has 0 saturated carbocycles. The van der Waals surface area contributed by atoms with Crippen molar-refractivity contribution >= 4 is 70.7 Å². The SMILES string of the molecule is N=C(Nc1c(Br)cc2cccc3c2c1CC3)Nc1c(Br)cc2cccc3c2c1CC3. The van der Waals surface area contributed by atoms with E-state index in [0.717, 1.165) is 46.0 Å². The first kappa shape index (κ1) is 18.4. The number of hydrogen-bond acceptors (Lipinski definition) is 1. The summed E-state index contributed by atoms with van der Waals surface area (Å²) in [5.74, 6) is 0.288. The van der Waals surface area contributed by atoms with Gasteiger partial charge in [-0.1, -0.05) is 36.4 Å². The van der Waals surface area contributed by atoms with E-state index in [2.05, 4.69) is 91.0 Å². The number of aryl methyl sites for hydroxylation is 4. The summed E-state index contributed by atoms with van der Waals surface area (Å²) >= 11 is 7.47. The quantitative estimate of drug-likeness (QED) is 0.194. The third kappa shape index (κ3) is 2.72. The van der Waals surface area contributed by atoms with Crippen molar-refractivity contribution < 1.29 is 0 Å². The van der Waals surface area contributed by atoms with Crippen molar-refractivity contribution in [3.8, 4) is 0 Å². The molecule has 30 heavy (non-hydrogen) atoms. The molecule has 6 rings (SSSR count). The predicted molar refractivity (Wildman–Crippen MR) is 133 cm³/mol. The number of hydrogen-bond donors (Lipinski definition) is 3. The van der Waals surface area contributed by atoms with Gasteiger partial charge in [-0.2, -0.15) is 0 Å². The summed E-state index contributed by atoms with van der Waals surface area (Å²) in [5, 5.41) is 20.6. The van der Waals surface area contributed by atoms with Crippen LogP contribution in [0.4, 0.5) is 11.4 Å². The molecular formula is C25H19Br2N3. The van der Waals surface area contributed by atoms with Crippen LogP contribution >= 0.6 is 31.9 Å². The fourth-order valence-electron chi connectivity index (χ4n) is 5.16. The van der Waals surface area contributed by atoms with E-state index >= 15 is 0 Å². The van der Waals surface area contributed by atoms with Gasteiger partial charge in [-0.15, -0.1) is 0 Å². The van der Waals surface area contributed by atoms with Crippen molar-refractivity contribution in [1.29, 1.82) is 5.41 Å². The number of benzene rings is 4. The van der Waals surface area contributed by atoms with Crippen molar-refractivity contribution in [2.24, 2.45) is 0 Å². The minimum Gasteiger partial charge on any atom is -0.325 e. The van der Waals surface area contributed by atoms with Gasteiger partial charge in [-0.25, -0.2) is 0 Å². The molecule has 3 nitrogen and oxygen atoms in total. The molecule has 2 aliphatic rings. The number of anilines is 2. The van der Waals surface area contributed by atoms with Gasteiger partial charge >= 0.3 is 0 Å². The average molecular weight is 521 g/mol. The Kier molecular flexibility index (Phi) is 4.19. The molecule has 0 bridgehead atoms. The highest BCUT2D eigenvalue weighted by Gasteiger charge is 2.23. The fraction of sp³-hybridized carbons (Fsp3) is 0.160. The summed E-state index contributed by atoms with van der Waals surface area (Å²) < 4.78 is 2.00. The maximum atomic E-state index is 8.69. The zero-order valence-electron chi connectivity index (χ0n) is 16.2. The van der Waals surface area contributed by atoms with Crippen molar-refractivity contribution in [3.63, 3.8) is 0 Å². The minimum atomic E-state index is 0.288. The van der Waals surface area contributed by atoms with Crippen LogP contribution in [-0.2, 0) is 25.7 Å². The standard InChI is InChI=1S/C25H19Br2N3/c26-19-11-15-5-1-3-13-7-9-17(21(13)15)23(19)29-25(28)30-24-18-10-8-14-4-2-6-16(22(14)18)12-20(24)27/h1-6,11-12H,7-10H2,(H3,28,29,30). The summed E-state index contributed by atoms with van der Waals surface area (Å²) in [6, 6.07) is 17.3. The highest BCUT2D eigenvalue weighted by atomic mass is 79.9. The third-order valence-corrected chi connectivity index (χ3v) is 7.65. The first-order chi connectivity index (χ1) is 14.6. The molecule has 0 unspecified atom stereocenters. The van der Waals surface area contributed by atoms with Gasteiger partial charge < -0.3 is 10.6 Å². The van der Waals surface area contributed by atoms with E-state index in [-0.39, 0.29) is 5.96 Å². The van der Waals surface area contributed by atoms with E-state index in [4.69, 9.17) is 5.41 Å². The van der Waals surface area contributed by atoms with Crippen LogP contribution in [0.3, 0.4) is 0 Å². The van der Waals surface area contributed by atoms with Crippen LogP contribution < -0.4 is 10.6 Å². The normalized spacial score (nSPS) is 13.9. The second-order valence-corrected chi connectivity index (χ2v) is 9.79. The molecule has 0 heterocycles. The lowest BCUT2D eigenvalue weighted by atomic mass is 10.0. The molecule has 148 valence electrons. The molecule has 0 aliphatic heterocycles. The van der Waals surface area contributed by atoms with Crippen molar-refractivity contribution in [2.45, 2.75) is 25.7 Å². The Labute approximate surface area is 191 Å². The van der Waals surface area contributed by atoms with Gasteiger partial charge in [0.15, 0.2) is 5.96 Å². The van der Waals surface area contributed by atoms with Gasteiger partial charge in [0.25, 0.3) is 0 Å². The van der Waals surface area contributed by atoms with E-state index < -0.39 is 0 Å². The Bertz CT molecular complexity index is 1290. The number of guanidine groups is 1. The van der Waals surface area contributed by atoms with E-state index in [1.165, 1.54) is 43.8 Å². The van der Waals surface area contributed by atoms with Crippen LogP contribution in [0, 0.1) is 5.41 Å². The van der Waals surface area contributed by atoms with Gasteiger partial charge in [0.1, 0.15) is 0 Å². The van der Waals surface area contributed by atoms with Crippen molar-refractivity contribution in [1.82, 2.24) is 0 Å². The van der Waals surface area contributed by atoms with E-state index in [9.17, 15) is 0 Å². The van der Waals surface area contributed by atoms with Crippen molar-refractivity contribution in [2.75, 3.05) is 10.6 Å². The summed E-state index contributed by atoms with van der Waals surface area (Å²) in [4.78, 5) is 0. The molecule has 0 fully saturated rings. The van der Waals surface area contributed by atoms with Crippen LogP contribution in [0.25, 0.3) is 21.5 Å². The molecule has 0 spiro atoms. The number of nitrogens with one attached hydrogen (secondary N) is 3. The highest BCUT2D eigenvalue weighted by molar-refractivity contribution is 9.11. The lowest BCUT2D eigenvalue weighted by Crippen LogP contribution is -2.22. The minimum absolute atomic E-state index is 0.288. The first-order valence-corrected chi connectivity index (χ1v) is 11.8. The van der Waals surface area contributed by atoms with Gasteiger partial charge in [-0.3, -0.25) is 5.41 Å². The Balaban J connectivity index is 1.37. The second-order valence-electron chi connectivity index (χ2n) is 8.08. The molecule has 0 amide bonds. The molecule has 0 atom stereocenters. The highest BCUT2D eigenvalue weighted by Crippen LogP contribution is 2.42. The van der Waals surface area contributed by atoms with Crippen LogP contribution in [0.5, 0.6) is 0 Å². The molecule has 0 aromatic heterocycles. The van der Waals surface area contributed by atoms with E-state index in [0.29, 0.717) is 0 Å². The molecule has 0 saturated heterocycles. The lowest BCUT2D eigenvalue weighted by Gasteiger charge is -2.18. The Hall–Kier alpha value is -2.37. The zero-order valence-corrected chi connectivity index (χ0v) is 19.4. The van der Waals surface area contributed by atoms with Crippen LogP contribution in [0.2, 0.25) is 0 Å². The predicted octanol–water partition coefficient (Wildman–Crippen LogP) is 7.17. The van der Waals surface area contributed by atoms with Crippen LogP contribution in [-0.4, -0.2) is 5.96 Å². The van der Waals surface area contributed by atoms with E-state index in [1.807, 2.05) is 0 Å². The molecule has 5 heteroatoms. The largest absolute Gasteiger partial charge is 0.325 e. The van der Waals surface area contributed by atoms with Crippen molar-refractivity contribution in [3.05, 3.63) is 79.7 Å². The summed E-state index contributed by atoms with van der Waals surface area (Å²) in [6.45, 7) is 0. The van der Waals surface area contributed by atoms with Crippen LogP contribution in [0.15, 0.2) is 57.5 Å². The zero-order chi connectivity index (χ0) is 20.4. The molecule has 3 N–H and O–H groups in total. The monoisotopic (exact) mass is 519 g/mol. The molecular weight excluding hydrogens is 502 g/mol. The van der Waals surface area contributed by atoms with Gasteiger partial charge in [0.2, 0.25) is 0 Å². The Morgan fingerprint density at radius 1 is 0.700 bits per heavy atom. The maximum absolute atomic E-state index is 8.69. The lowest BCUT2D eigenvalue weighted by molar-refractivity contribution is 1.02. The maximum Gasteiger partial charge on any atom is 0.197 e. The van der Waals surface area contributed by atoms with Gasteiger partial charge in [-0.05, 0) is 113 Å². The van der Waals surface area contributed by atoms with Gasteiger partial charge in [0.05, 0.1) is 11.4 Å². The second kappa shape index (κ2) is 6.82. The van der Waals surface area contributed by atoms with Gasteiger partial charge in [0, 0.05) is 8.95 Å². The Morgan fingerprint density at radius 2 is 1.17 bits per heavy atom. The summed E-state index contributed by atoms with van der Waals surface area (Å²) in [5.41, 5.74) is 7.39. The smallest absolute Gasteiger partial charge is 0.197 e. The fourth-order valence-corrected chi connectivity index (χ4v) is 6.33. The number of halogens is 2.